The summed E-state index contributed by atoms with van der Waals surface area (Å²) in [7, 11) is 0. The van der Waals surface area contributed by atoms with Gasteiger partial charge in [0.2, 0.25) is 5.91 Å². The van der Waals surface area contributed by atoms with Gasteiger partial charge in [0.05, 0.1) is 5.92 Å². The molecule has 1 aliphatic rings. The number of nitrogens with zero attached hydrogens (tertiary/aromatic N) is 1. The van der Waals surface area contributed by atoms with Crippen LogP contribution in [0.4, 0.5) is 4.39 Å². The van der Waals surface area contributed by atoms with Crippen LogP contribution in [-0.2, 0) is 14.3 Å². The summed E-state index contributed by atoms with van der Waals surface area (Å²) in [5.41, 5.74) is 0.549. The molecule has 1 aromatic carbocycles. The molecule has 1 aliphatic heterocycles. The van der Waals surface area contributed by atoms with Gasteiger partial charge in [0.1, 0.15) is 12.4 Å². The van der Waals surface area contributed by atoms with Gasteiger partial charge < -0.3 is 14.7 Å². The molecule has 0 aliphatic carbocycles. The minimum atomic E-state index is -1.05. The second-order valence-corrected chi connectivity index (χ2v) is 5.48. The van der Waals surface area contributed by atoms with Crippen molar-refractivity contribution in [2.24, 2.45) is 0 Å². The van der Waals surface area contributed by atoms with Crippen LogP contribution in [0.25, 0.3) is 0 Å². The van der Waals surface area contributed by atoms with Crippen molar-refractivity contribution in [3.63, 3.8) is 0 Å². The number of halogens is 1. The second-order valence-electron chi connectivity index (χ2n) is 5.48. The third-order valence-corrected chi connectivity index (χ3v) is 3.94. The van der Waals surface area contributed by atoms with Crippen molar-refractivity contribution in [2.75, 3.05) is 19.8 Å². The van der Waals surface area contributed by atoms with Gasteiger partial charge >= 0.3 is 5.97 Å². The Hall–Kier alpha value is -1.95. The average molecular weight is 309 g/mol. The fourth-order valence-electron chi connectivity index (χ4n) is 2.70. The Morgan fingerprint density at radius 1 is 1.41 bits per heavy atom. The highest BCUT2D eigenvalue weighted by atomic mass is 19.1. The summed E-state index contributed by atoms with van der Waals surface area (Å²) in [6.45, 7) is 2.36. The van der Waals surface area contributed by atoms with Crippen molar-refractivity contribution < 1.29 is 23.8 Å². The first kappa shape index (κ1) is 16.4. The molecule has 1 saturated heterocycles. The van der Waals surface area contributed by atoms with E-state index in [4.69, 9.17) is 9.84 Å². The monoisotopic (exact) mass is 309 g/mol. The van der Waals surface area contributed by atoms with E-state index in [1.54, 1.807) is 19.1 Å². The normalized spacial score (nSPS) is 17.0. The lowest BCUT2D eigenvalue weighted by atomic mass is 9.97. The maximum absolute atomic E-state index is 13.3. The number of aliphatic carboxylic acids is 1. The van der Waals surface area contributed by atoms with Crippen molar-refractivity contribution in [1.29, 1.82) is 0 Å². The van der Waals surface area contributed by atoms with E-state index in [1.807, 2.05) is 0 Å². The summed E-state index contributed by atoms with van der Waals surface area (Å²) in [5.74, 6) is -2.34. The van der Waals surface area contributed by atoms with Crippen molar-refractivity contribution in [1.82, 2.24) is 4.90 Å². The molecule has 1 fully saturated rings. The Bertz CT molecular complexity index is 543. The number of hydrogen-bond donors (Lipinski definition) is 1. The molecule has 0 unspecified atom stereocenters. The van der Waals surface area contributed by atoms with Crippen LogP contribution >= 0.6 is 0 Å². The molecule has 0 spiro atoms. The van der Waals surface area contributed by atoms with Crippen LogP contribution < -0.4 is 0 Å². The molecule has 22 heavy (non-hydrogen) atoms. The molecule has 1 atom stereocenters. The number of amides is 1. The lowest BCUT2D eigenvalue weighted by Crippen LogP contribution is -2.47. The highest BCUT2D eigenvalue weighted by Crippen LogP contribution is 2.23. The summed E-state index contributed by atoms with van der Waals surface area (Å²) in [6, 6.07) is 5.70. The number of benzene rings is 1. The summed E-state index contributed by atoms with van der Waals surface area (Å²) in [6.07, 6.45) is 1.24. The molecular formula is C16H20FNO4. The molecule has 1 aromatic rings. The molecule has 6 heteroatoms. The van der Waals surface area contributed by atoms with Crippen LogP contribution in [0.5, 0.6) is 0 Å². The van der Waals surface area contributed by atoms with Crippen LogP contribution in [0.15, 0.2) is 24.3 Å². The van der Waals surface area contributed by atoms with E-state index in [9.17, 15) is 14.0 Å². The highest BCUT2D eigenvalue weighted by molar-refractivity contribution is 5.86. The van der Waals surface area contributed by atoms with Gasteiger partial charge in [-0.15, -0.1) is 0 Å². The van der Waals surface area contributed by atoms with Gasteiger partial charge in [-0.3, -0.25) is 9.59 Å². The van der Waals surface area contributed by atoms with Crippen molar-refractivity contribution in [3.05, 3.63) is 35.6 Å². The maximum atomic E-state index is 13.3. The van der Waals surface area contributed by atoms with Gasteiger partial charge in [-0.1, -0.05) is 12.1 Å². The number of carbonyl (C=O) groups excluding carboxylic acids is 1. The minimum absolute atomic E-state index is 0.145. The number of hydrogen-bond acceptors (Lipinski definition) is 3. The molecule has 120 valence electrons. The van der Waals surface area contributed by atoms with E-state index >= 15 is 0 Å². The number of carbonyl (C=O) groups is 2. The van der Waals surface area contributed by atoms with Gasteiger partial charge in [-0.05, 0) is 37.5 Å². The fourth-order valence-corrected chi connectivity index (χ4v) is 2.70. The molecule has 1 N–H and O–H groups in total. The summed E-state index contributed by atoms with van der Waals surface area (Å²) < 4.78 is 18.6. The van der Waals surface area contributed by atoms with E-state index in [0.29, 0.717) is 31.6 Å². The first-order chi connectivity index (χ1) is 10.5. The van der Waals surface area contributed by atoms with E-state index in [-0.39, 0.29) is 18.5 Å². The molecule has 0 radical (unpaired) electrons. The van der Waals surface area contributed by atoms with Gasteiger partial charge in [-0.2, -0.15) is 0 Å². The number of carboxylic acid groups (broad SMARTS) is 1. The Morgan fingerprint density at radius 3 is 2.68 bits per heavy atom. The zero-order valence-corrected chi connectivity index (χ0v) is 12.5. The number of rotatable bonds is 5. The third-order valence-electron chi connectivity index (χ3n) is 3.94. The predicted octanol–water partition coefficient (Wildman–Crippen LogP) is 2.02. The second kappa shape index (κ2) is 7.35. The van der Waals surface area contributed by atoms with E-state index in [2.05, 4.69) is 0 Å². The van der Waals surface area contributed by atoms with E-state index < -0.39 is 17.7 Å². The molecule has 0 saturated carbocycles. The van der Waals surface area contributed by atoms with E-state index in [1.165, 1.54) is 17.0 Å². The topological polar surface area (TPSA) is 66.8 Å². The van der Waals surface area contributed by atoms with Crippen molar-refractivity contribution in [3.8, 4) is 0 Å². The largest absolute Gasteiger partial charge is 0.480 e. The smallest absolute Gasteiger partial charge is 0.323 e. The summed E-state index contributed by atoms with van der Waals surface area (Å²) in [5, 5.41) is 9.07. The Labute approximate surface area is 128 Å². The molecule has 5 nitrogen and oxygen atoms in total. The maximum Gasteiger partial charge on any atom is 0.323 e. The zero-order chi connectivity index (χ0) is 16.1. The first-order valence-corrected chi connectivity index (χ1v) is 7.34. The first-order valence-electron chi connectivity index (χ1n) is 7.34. The molecule has 1 heterocycles. The molecular weight excluding hydrogens is 289 g/mol. The average Bonchev–Trinajstić information content (AvgIpc) is 2.52. The zero-order valence-electron chi connectivity index (χ0n) is 12.5. The van der Waals surface area contributed by atoms with Crippen molar-refractivity contribution >= 4 is 11.9 Å². The van der Waals surface area contributed by atoms with Crippen LogP contribution in [0, 0.1) is 5.82 Å². The standard InChI is InChI=1S/C16H20FNO4/c1-11(12-3-2-4-13(17)9-12)16(21)18(10-15(19)20)14-5-7-22-8-6-14/h2-4,9,11,14H,5-8,10H2,1H3,(H,19,20)/t11-/m0/s1. The highest BCUT2D eigenvalue weighted by Gasteiger charge is 2.31. The van der Waals surface area contributed by atoms with Gasteiger partial charge in [0.25, 0.3) is 0 Å². The quantitative estimate of drug-likeness (QED) is 0.903. The summed E-state index contributed by atoms with van der Waals surface area (Å²) in [4.78, 5) is 25.2. The lowest BCUT2D eigenvalue weighted by Gasteiger charge is -2.35. The molecule has 0 aromatic heterocycles. The molecule has 1 amide bonds. The fraction of sp³-hybridized carbons (Fsp3) is 0.500. The van der Waals surface area contributed by atoms with E-state index in [0.717, 1.165) is 0 Å². The summed E-state index contributed by atoms with van der Waals surface area (Å²) >= 11 is 0. The predicted molar refractivity (Wildman–Crippen MR) is 78.0 cm³/mol. The third kappa shape index (κ3) is 4.04. The Balaban J connectivity index is 2.18. The van der Waals surface area contributed by atoms with Crippen LogP contribution in [0.3, 0.4) is 0 Å². The van der Waals surface area contributed by atoms with Crippen LogP contribution in [0.2, 0.25) is 0 Å². The van der Waals surface area contributed by atoms with Gasteiger partial charge in [0.15, 0.2) is 0 Å². The Morgan fingerprint density at radius 2 is 2.09 bits per heavy atom. The number of carboxylic acids is 1. The van der Waals surface area contributed by atoms with Gasteiger partial charge in [-0.25, -0.2) is 4.39 Å². The number of ether oxygens (including phenoxy) is 1. The van der Waals surface area contributed by atoms with Crippen LogP contribution in [-0.4, -0.2) is 47.7 Å². The van der Waals surface area contributed by atoms with Gasteiger partial charge in [0, 0.05) is 19.3 Å². The molecule has 2 rings (SSSR count). The minimum Gasteiger partial charge on any atom is -0.480 e. The Kier molecular flexibility index (Phi) is 5.49. The SMILES string of the molecule is C[C@H](C(=O)N(CC(=O)O)C1CCOCC1)c1cccc(F)c1. The van der Waals surface area contributed by atoms with Crippen molar-refractivity contribution in [2.45, 2.75) is 31.7 Å². The molecule has 0 bridgehead atoms. The van der Waals surface area contributed by atoms with Crippen LogP contribution in [0.1, 0.15) is 31.2 Å². The lowest BCUT2D eigenvalue weighted by molar-refractivity contribution is -0.148.